The molecule has 1 saturated heterocycles. The number of nitrogens with one attached hydrogen (secondary N) is 2. The zero-order valence-corrected chi connectivity index (χ0v) is 38.9. The van der Waals surface area contributed by atoms with Crippen LogP contribution in [0.25, 0.3) is 11.2 Å². The van der Waals surface area contributed by atoms with Gasteiger partial charge in [-0.25, -0.2) is 24.8 Å². The van der Waals surface area contributed by atoms with E-state index in [0.29, 0.717) is 41.6 Å². The van der Waals surface area contributed by atoms with Crippen LogP contribution in [0.1, 0.15) is 40.8 Å². The number of fused-ring (bicyclic) bond motifs is 1. The van der Waals surface area contributed by atoms with Crippen molar-refractivity contribution in [3.05, 3.63) is 96.1 Å². The van der Waals surface area contributed by atoms with Gasteiger partial charge in [0.05, 0.1) is 32.3 Å². The van der Waals surface area contributed by atoms with Gasteiger partial charge in [0.15, 0.2) is 19.8 Å². The van der Waals surface area contributed by atoms with Gasteiger partial charge in [-0.2, -0.15) is 4.98 Å². The monoisotopic (exact) mass is 945 g/mol. The molecule has 5 aromatic rings. The molecule has 0 radical (unpaired) electrons. The number of ether oxygens (including phenoxy) is 5. The highest BCUT2D eigenvalue weighted by Crippen LogP contribution is 2.35. The minimum Gasteiger partial charge on any atom is -0.497 e. The molecular formula is C40H55N10O11P2S+. The number of methoxy groups -OCH3 is 1. The van der Waals surface area contributed by atoms with Gasteiger partial charge in [0.2, 0.25) is 0 Å². The molecule has 6 N–H and O–H groups in total. The summed E-state index contributed by atoms with van der Waals surface area (Å²) in [6, 6.07) is 20.1. The zero-order chi connectivity index (χ0) is 46.4. The van der Waals surface area contributed by atoms with E-state index in [4.69, 9.17) is 44.2 Å². The fourth-order valence-corrected chi connectivity index (χ4v) is 8.26. The van der Waals surface area contributed by atoms with Gasteiger partial charge in [-0.3, -0.25) is 14.2 Å². The third-order valence-electron chi connectivity index (χ3n) is 8.04. The molecule has 2 aromatic carbocycles. The van der Waals surface area contributed by atoms with Crippen molar-refractivity contribution in [1.82, 2.24) is 39.2 Å². The Morgan fingerprint density at radius 3 is 2.30 bits per heavy atom. The van der Waals surface area contributed by atoms with Gasteiger partial charge in [0, 0.05) is 18.5 Å². The molecule has 5 atom stereocenters. The van der Waals surface area contributed by atoms with Crippen LogP contribution < -0.4 is 36.6 Å². The number of benzene rings is 2. The van der Waals surface area contributed by atoms with E-state index >= 15 is 0 Å². The van der Waals surface area contributed by atoms with Crippen molar-refractivity contribution in [2.24, 2.45) is 0 Å². The molecule has 64 heavy (non-hydrogen) atoms. The van der Waals surface area contributed by atoms with Crippen LogP contribution in [0.5, 0.6) is 11.5 Å². The molecule has 6 rings (SSSR count). The van der Waals surface area contributed by atoms with Crippen molar-refractivity contribution in [2.45, 2.75) is 71.1 Å². The summed E-state index contributed by atoms with van der Waals surface area (Å²) in [6.45, 7) is 9.59. The third kappa shape index (κ3) is 18.1. The van der Waals surface area contributed by atoms with Crippen LogP contribution in [0.15, 0.2) is 90.4 Å². The molecule has 0 saturated carbocycles. The van der Waals surface area contributed by atoms with Gasteiger partial charge >= 0.3 is 25.8 Å². The number of aromatic nitrogens is 6. The molecule has 1 aliphatic rings. The number of para-hydroxylation sites is 2. The Labute approximate surface area is 377 Å². The molecule has 0 amide bonds. The number of hydrogen-bond donors (Lipinski definition) is 4. The normalized spacial score (nSPS) is 15.6. The Morgan fingerprint density at radius 2 is 1.66 bits per heavy atom. The van der Waals surface area contributed by atoms with Gasteiger partial charge < -0.3 is 44.2 Å². The number of rotatable bonds is 20. The summed E-state index contributed by atoms with van der Waals surface area (Å²) in [5.41, 5.74) is 11.6. The van der Waals surface area contributed by atoms with Crippen LogP contribution in [0, 0.1) is 0 Å². The SMILES string of the molecule is CC(C)OC(=O)C(C)NP(COCCn1cnc2c(N)ncnc21)Oc1ccccc1.CC(C)OC(=O)CN[P+](=O)OCC1OC(n2ccc(N)nc2=O)CS1.COc1ccccc1. The van der Waals surface area contributed by atoms with E-state index in [0.717, 1.165) is 5.75 Å². The Kier molecular flexibility index (Phi) is 21.7. The van der Waals surface area contributed by atoms with Crippen molar-refractivity contribution in [3.8, 4) is 11.5 Å². The molecule has 4 heterocycles. The predicted octanol–water partition coefficient (Wildman–Crippen LogP) is 5.03. The highest BCUT2D eigenvalue weighted by Gasteiger charge is 2.32. The minimum atomic E-state index is -2.22. The molecule has 5 unspecified atom stereocenters. The Hall–Kier alpha value is -5.31. The fourth-order valence-electron chi connectivity index (χ4n) is 5.16. The topological polar surface area (TPSA) is 270 Å². The lowest BCUT2D eigenvalue weighted by Gasteiger charge is -2.23. The zero-order valence-electron chi connectivity index (χ0n) is 36.3. The van der Waals surface area contributed by atoms with E-state index in [9.17, 15) is 18.9 Å². The first kappa shape index (κ1) is 51.3. The van der Waals surface area contributed by atoms with E-state index in [-0.39, 0.29) is 43.5 Å². The van der Waals surface area contributed by atoms with Crippen LogP contribution >= 0.6 is 28.2 Å². The lowest BCUT2D eigenvalue weighted by Crippen LogP contribution is -2.35. The average molecular weight is 946 g/mol. The molecule has 21 nitrogen and oxygen atoms in total. The smallest absolute Gasteiger partial charge is 0.497 e. The van der Waals surface area contributed by atoms with Crippen LogP contribution in [-0.4, -0.2) is 104 Å². The molecule has 346 valence electrons. The summed E-state index contributed by atoms with van der Waals surface area (Å²) >= 11 is 1.42. The molecule has 0 bridgehead atoms. The number of imidazole rings is 1. The van der Waals surface area contributed by atoms with Crippen LogP contribution in [0.4, 0.5) is 11.6 Å². The van der Waals surface area contributed by atoms with Gasteiger partial charge in [-0.1, -0.05) is 41.5 Å². The Balaban J connectivity index is 0.000000242. The molecule has 24 heteroatoms. The number of esters is 2. The number of nitrogens with two attached hydrogens (primary N) is 2. The maximum absolute atomic E-state index is 12.2. The van der Waals surface area contributed by atoms with E-state index in [1.54, 1.807) is 34.2 Å². The lowest BCUT2D eigenvalue weighted by atomic mass is 10.3. The summed E-state index contributed by atoms with van der Waals surface area (Å²) in [4.78, 5) is 51.3. The highest BCUT2D eigenvalue weighted by atomic mass is 32.2. The largest absolute Gasteiger partial charge is 0.613 e. The fraction of sp³-hybridized carbons (Fsp3) is 0.425. The first-order valence-electron chi connectivity index (χ1n) is 19.9. The molecule has 1 aliphatic heterocycles. The molecular weight excluding hydrogens is 891 g/mol. The van der Waals surface area contributed by atoms with Crippen LogP contribution in [0.3, 0.4) is 0 Å². The quantitative estimate of drug-likeness (QED) is 0.0453. The van der Waals surface area contributed by atoms with E-state index < -0.39 is 45.8 Å². The number of nitrogen functional groups attached to an aromatic ring is 2. The lowest BCUT2D eigenvalue weighted by molar-refractivity contribution is -0.149. The summed E-state index contributed by atoms with van der Waals surface area (Å²) in [5.74, 6) is 1.77. The van der Waals surface area contributed by atoms with Crippen molar-refractivity contribution >= 4 is 63.0 Å². The first-order valence-corrected chi connectivity index (χ1v) is 23.6. The predicted molar refractivity (Wildman–Crippen MR) is 243 cm³/mol. The van der Waals surface area contributed by atoms with E-state index in [2.05, 4.69) is 30.1 Å². The summed E-state index contributed by atoms with van der Waals surface area (Å²) in [5, 5.41) is 5.63. The maximum Gasteiger partial charge on any atom is 0.613 e. The number of hydrogen-bond acceptors (Lipinski definition) is 19. The minimum absolute atomic E-state index is 0.0414. The molecule has 1 fully saturated rings. The summed E-state index contributed by atoms with van der Waals surface area (Å²) < 4.78 is 52.6. The molecule has 0 spiro atoms. The van der Waals surface area contributed by atoms with E-state index in [1.165, 1.54) is 34.9 Å². The van der Waals surface area contributed by atoms with Gasteiger partial charge in [-0.15, -0.1) is 16.3 Å². The van der Waals surface area contributed by atoms with Crippen LogP contribution in [-0.2, 0) is 44.2 Å². The molecule has 3 aromatic heterocycles. The summed E-state index contributed by atoms with van der Waals surface area (Å²) in [6.07, 6.45) is 3.95. The summed E-state index contributed by atoms with van der Waals surface area (Å²) in [7, 11) is -1.85. The van der Waals surface area contributed by atoms with Crippen LogP contribution in [0.2, 0.25) is 0 Å². The number of anilines is 2. The second-order valence-corrected chi connectivity index (χ2v) is 17.6. The number of carbonyl (C=O) groups is 2. The average Bonchev–Trinajstić information content (AvgIpc) is 3.92. The third-order valence-corrected chi connectivity index (χ3v) is 11.5. The molecule has 0 aliphatic carbocycles. The van der Waals surface area contributed by atoms with Crippen molar-refractivity contribution < 1.29 is 46.9 Å². The number of nitrogens with zero attached hydrogens (tertiary/aromatic N) is 6. The van der Waals surface area contributed by atoms with Crippen molar-refractivity contribution in [2.75, 3.05) is 50.4 Å². The Bertz CT molecular complexity index is 2260. The van der Waals surface area contributed by atoms with Gasteiger partial charge in [0.1, 0.15) is 66.4 Å². The second kappa shape index (κ2) is 27.1. The Morgan fingerprint density at radius 1 is 0.969 bits per heavy atom. The standard InChI is InChI=1S/C20H27N6O4P.C13H19N4O6PS.C7H8O/c1-14(2)29-20(27)15(3)25-31(30-16-7-5-4-6-8-16)13-28-10-9-26-12-24-17-18(21)22-11-23-19(17)26;1-8(2)22-11(18)5-15-24(20)21-6-12-23-10(7-25-12)17-4-3-9(14)16-13(17)19;1-8-7-5-3-2-4-6-7/h4-8,11-12,14-15,25H,9-10,13H2,1-3H3,(H2,21,22,23);3-4,8,10,12H,5-7H2,1-2H3,(H2-,14,15,16,19,20);2-6H,1H3/p+1. The number of thioether (sulfide) groups is 1. The maximum atomic E-state index is 12.2. The van der Waals surface area contributed by atoms with Gasteiger partial charge in [-0.05, 0) is 69.5 Å². The first-order chi connectivity index (χ1) is 30.7. The van der Waals surface area contributed by atoms with Crippen molar-refractivity contribution in [1.29, 1.82) is 0 Å². The van der Waals surface area contributed by atoms with Gasteiger partial charge in [0.25, 0.3) is 0 Å². The second-order valence-electron chi connectivity index (χ2n) is 13.9. The van der Waals surface area contributed by atoms with Crippen molar-refractivity contribution in [3.63, 3.8) is 0 Å². The highest BCUT2D eigenvalue weighted by molar-refractivity contribution is 8.00. The number of carbonyl (C=O) groups excluding carboxylic acids is 2. The van der Waals surface area contributed by atoms with E-state index in [1.807, 2.05) is 79.1 Å².